The van der Waals surface area contributed by atoms with Crippen LogP contribution < -0.4 is 19.1 Å². The topological polar surface area (TPSA) is 82.1 Å². The van der Waals surface area contributed by atoms with Gasteiger partial charge in [0, 0.05) is 6.07 Å². The van der Waals surface area contributed by atoms with Crippen LogP contribution >= 0.6 is 0 Å². The van der Waals surface area contributed by atoms with E-state index in [2.05, 4.69) is 0 Å². The Morgan fingerprint density at radius 2 is 1.67 bits per heavy atom. The molecule has 0 atom stereocenters. The predicted molar refractivity (Wildman–Crippen MR) is 106 cm³/mol. The minimum absolute atomic E-state index is 0.116. The number of nitrogens with zero attached hydrogens (tertiary/aromatic N) is 1. The molecule has 2 aliphatic heterocycles. The van der Waals surface area contributed by atoms with Gasteiger partial charge in [0.15, 0.2) is 11.5 Å². The van der Waals surface area contributed by atoms with Gasteiger partial charge in [0.25, 0.3) is 11.8 Å². The van der Waals surface area contributed by atoms with Gasteiger partial charge in [-0.15, -0.1) is 0 Å². The van der Waals surface area contributed by atoms with E-state index in [-0.39, 0.29) is 29.2 Å². The number of para-hydroxylation sites is 1. The summed E-state index contributed by atoms with van der Waals surface area (Å²) in [4.78, 5) is 39.5. The Labute approximate surface area is 171 Å². The van der Waals surface area contributed by atoms with Crippen LogP contribution in [0.25, 0.3) is 0 Å². The van der Waals surface area contributed by atoms with Gasteiger partial charge in [-0.25, -0.2) is 9.69 Å². The molecule has 148 valence electrons. The first kappa shape index (κ1) is 17.9. The molecule has 0 radical (unpaired) electrons. The molecule has 0 fully saturated rings. The first-order valence-corrected chi connectivity index (χ1v) is 9.23. The molecule has 30 heavy (non-hydrogen) atoms. The third-order valence-corrected chi connectivity index (χ3v) is 5.03. The highest BCUT2D eigenvalue weighted by atomic mass is 16.7. The van der Waals surface area contributed by atoms with E-state index in [0.717, 1.165) is 10.5 Å². The van der Waals surface area contributed by atoms with Crippen molar-refractivity contribution in [3.63, 3.8) is 0 Å². The van der Waals surface area contributed by atoms with Crippen molar-refractivity contribution in [2.75, 3.05) is 11.7 Å². The van der Waals surface area contributed by atoms with Crippen LogP contribution in [0.3, 0.4) is 0 Å². The molecule has 5 rings (SSSR count). The molecule has 2 aliphatic rings. The highest BCUT2D eigenvalue weighted by molar-refractivity contribution is 6.34. The average Bonchev–Trinajstić information content (AvgIpc) is 3.31. The molecule has 0 bridgehead atoms. The molecule has 0 aliphatic carbocycles. The zero-order valence-corrected chi connectivity index (χ0v) is 15.9. The number of anilines is 1. The number of carbonyl (C=O) groups excluding carboxylic acids is 3. The maximum absolute atomic E-state index is 12.9. The van der Waals surface area contributed by atoms with E-state index < -0.39 is 17.8 Å². The van der Waals surface area contributed by atoms with Gasteiger partial charge in [-0.1, -0.05) is 18.2 Å². The summed E-state index contributed by atoms with van der Waals surface area (Å²) in [6.45, 7) is 1.94. The molecule has 7 heteroatoms. The van der Waals surface area contributed by atoms with Gasteiger partial charge < -0.3 is 14.2 Å². The number of aryl methyl sites for hydroxylation is 1. The molecule has 2 amide bonds. The van der Waals surface area contributed by atoms with E-state index in [0.29, 0.717) is 17.2 Å². The fourth-order valence-corrected chi connectivity index (χ4v) is 3.51. The van der Waals surface area contributed by atoms with Gasteiger partial charge in [0.05, 0.1) is 22.4 Å². The van der Waals surface area contributed by atoms with E-state index in [4.69, 9.17) is 14.2 Å². The maximum Gasteiger partial charge on any atom is 0.343 e. The summed E-state index contributed by atoms with van der Waals surface area (Å²) in [5.41, 5.74) is 1.91. The molecule has 0 aromatic heterocycles. The van der Waals surface area contributed by atoms with Crippen LogP contribution in [-0.4, -0.2) is 24.6 Å². The second-order valence-electron chi connectivity index (χ2n) is 6.90. The normalized spacial score (nSPS) is 14.1. The Balaban J connectivity index is 1.43. The van der Waals surface area contributed by atoms with Gasteiger partial charge in [-0.05, 0) is 48.9 Å². The molecule has 3 aromatic rings. The lowest BCUT2D eigenvalue weighted by Crippen LogP contribution is -2.29. The van der Waals surface area contributed by atoms with Gasteiger partial charge in [0.1, 0.15) is 5.75 Å². The van der Waals surface area contributed by atoms with E-state index >= 15 is 0 Å². The lowest BCUT2D eigenvalue weighted by atomic mass is 10.1. The van der Waals surface area contributed by atoms with Gasteiger partial charge in [0.2, 0.25) is 6.79 Å². The molecule has 7 nitrogen and oxygen atoms in total. The number of esters is 1. The quantitative estimate of drug-likeness (QED) is 0.378. The van der Waals surface area contributed by atoms with E-state index in [1.165, 1.54) is 18.2 Å². The van der Waals surface area contributed by atoms with Crippen molar-refractivity contribution in [2.24, 2.45) is 0 Å². The zero-order chi connectivity index (χ0) is 20.8. The van der Waals surface area contributed by atoms with E-state index in [1.54, 1.807) is 30.3 Å². The lowest BCUT2D eigenvalue weighted by Gasteiger charge is -2.16. The molecule has 0 saturated heterocycles. The number of amides is 2. The van der Waals surface area contributed by atoms with E-state index in [9.17, 15) is 14.4 Å². The largest absolute Gasteiger partial charge is 0.454 e. The summed E-state index contributed by atoms with van der Waals surface area (Å²) in [6.07, 6.45) is 0. The molecular weight excluding hydrogens is 386 g/mol. The molecule has 2 heterocycles. The third-order valence-electron chi connectivity index (χ3n) is 5.03. The summed E-state index contributed by atoms with van der Waals surface area (Å²) < 4.78 is 15.9. The molecule has 0 unspecified atom stereocenters. The molecular formula is C23H15NO6. The fraction of sp³-hybridized carbons (Fsp3) is 0.0870. The monoisotopic (exact) mass is 401 g/mol. The van der Waals surface area contributed by atoms with Crippen molar-refractivity contribution < 1.29 is 28.6 Å². The number of carbonyl (C=O) groups is 3. The minimum Gasteiger partial charge on any atom is -0.454 e. The predicted octanol–water partition coefficient (Wildman–Crippen LogP) is 3.74. The molecule has 0 saturated carbocycles. The second kappa shape index (κ2) is 6.73. The fourth-order valence-electron chi connectivity index (χ4n) is 3.51. The van der Waals surface area contributed by atoms with Gasteiger partial charge >= 0.3 is 5.97 Å². The van der Waals surface area contributed by atoms with Crippen LogP contribution in [-0.2, 0) is 0 Å². The second-order valence-corrected chi connectivity index (χ2v) is 6.90. The summed E-state index contributed by atoms with van der Waals surface area (Å²) in [5, 5.41) is 0. The number of ether oxygens (including phenoxy) is 3. The van der Waals surface area contributed by atoms with Crippen LogP contribution in [0.2, 0.25) is 0 Å². The molecule has 0 spiro atoms. The highest BCUT2D eigenvalue weighted by Gasteiger charge is 2.37. The minimum atomic E-state index is -0.647. The Morgan fingerprint density at radius 1 is 0.900 bits per heavy atom. The Kier molecular flexibility index (Phi) is 4.03. The maximum atomic E-state index is 12.9. The van der Waals surface area contributed by atoms with Gasteiger partial charge in [-0.2, -0.15) is 0 Å². The highest BCUT2D eigenvalue weighted by Crippen LogP contribution is 2.35. The first-order chi connectivity index (χ1) is 14.5. The van der Waals surface area contributed by atoms with Crippen molar-refractivity contribution in [3.05, 3.63) is 82.9 Å². The summed E-state index contributed by atoms with van der Waals surface area (Å²) in [7, 11) is 0. The smallest absolute Gasteiger partial charge is 0.343 e. The zero-order valence-electron chi connectivity index (χ0n) is 15.9. The van der Waals surface area contributed by atoms with Crippen molar-refractivity contribution in [1.82, 2.24) is 0 Å². The number of imide groups is 1. The number of hydrogen-bond acceptors (Lipinski definition) is 6. The number of hydrogen-bond donors (Lipinski definition) is 0. The summed E-state index contributed by atoms with van der Waals surface area (Å²) >= 11 is 0. The number of rotatable bonds is 3. The van der Waals surface area contributed by atoms with Crippen LogP contribution in [0.1, 0.15) is 36.6 Å². The van der Waals surface area contributed by atoms with Crippen molar-refractivity contribution in [1.29, 1.82) is 0 Å². The Bertz CT molecular complexity index is 1230. The van der Waals surface area contributed by atoms with Crippen molar-refractivity contribution in [2.45, 2.75) is 6.92 Å². The number of fused-ring (bicyclic) bond motifs is 2. The van der Waals surface area contributed by atoms with Gasteiger partial charge in [-0.3, -0.25) is 9.59 Å². The van der Waals surface area contributed by atoms with E-state index in [1.807, 2.05) is 19.1 Å². The first-order valence-electron chi connectivity index (χ1n) is 9.23. The lowest BCUT2D eigenvalue weighted by molar-refractivity contribution is 0.0734. The average molecular weight is 401 g/mol. The SMILES string of the molecule is Cc1ccccc1N1C(=O)c2ccc(C(=O)Oc3ccc4c(c3)OCO4)cc2C1=O. The van der Waals surface area contributed by atoms with Crippen molar-refractivity contribution in [3.8, 4) is 17.2 Å². The Morgan fingerprint density at radius 3 is 2.50 bits per heavy atom. The summed E-state index contributed by atoms with van der Waals surface area (Å²) in [5.74, 6) is -0.182. The standard InChI is InChI=1S/C23H15NO6/c1-13-4-2-3-5-18(13)24-21(25)16-8-6-14(10-17(16)22(24)26)23(27)30-15-7-9-19-20(11-15)29-12-28-19/h2-11H,12H2,1H3. The van der Waals surface area contributed by atoms with Crippen LogP contribution in [0.15, 0.2) is 60.7 Å². The number of benzene rings is 3. The summed E-state index contributed by atoms with van der Waals surface area (Å²) in [6, 6.07) is 16.3. The van der Waals surface area contributed by atoms with Crippen molar-refractivity contribution >= 4 is 23.5 Å². The molecule has 3 aromatic carbocycles. The van der Waals surface area contributed by atoms with Crippen LogP contribution in [0, 0.1) is 6.92 Å². The van der Waals surface area contributed by atoms with Crippen LogP contribution in [0.5, 0.6) is 17.2 Å². The van der Waals surface area contributed by atoms with Crippen LogP contribution in [0.4, 0.5) is 5.69 Å². The molecule has 0 N–H and O–H groups in total. The Hall–Kier alpha value is -4.13. The third kappa shape index (κ3) is 2.79.